The van der Waals surface area contributed by atoms with Crippen LogP contribution in [0.15, 0.2) is 37.0 Å². The second kappa shape index (κ2) is 5.91. The maximum atomic E-state index is 11.1. The second-order valence-corrected chi connectivity index (χ2v) is 5.62. The average molecular weight is 282 g/mol. The van der Waals surface area contributed by atoms with Crippen molar-refractivity contribution in [3.8, 4) is 0 Å². The average Bonchev–Trinajstić information content (AvgIpc) is 2.37. The van der Waals surface area contributed by atoms with Crippen LogP contribution in [0.4, 0.5) is 0 Å². The van der Waals surface area contributed by atoms with Crippen LogP contribution in [-0.4, -0.2) is 45.2 Å². The Morgan fingerprint density at radius 1 is 1.40 bits per heavy atom. The summed E-state index contributed by atoms with van der Waals surface area (Å²) in [7, 11) is 0. The highest BCUT2D eigenvalue weighted by Crippen LogP contribution is 2.49. The topological polar surface area (TPSA) is 98.0 Å². The first-order valence-electron chi connectivity index (χ1n) is 6.40. The molecule has 5 atom stereocenters. The van der Waals surface area contributed by atoms with E-state index in [-0.39, 0.29) is 18.6 Å². The summed E-state index contributed by atoms with van der Waals surface area (Å²) in [6.45, 7) is 12.3. The molecule has 0 unspecified atom stereocenters. The summed E-state index contributed by atoms with van der Waals surface area (Å²) in [5.74, 6) is -2.84. The lowest BCUT2D eigenvalue weighted by Crippen LogP contribution is -2.53. The van der Waals surface area contributed by atoms with E-state index in [4.69, 9.17) is 5.11 Å². The maximum absolute atomic E-state index is 11.1. The zero-order valence-corrected chi connectivity index (χ0v) is 11.6. The summed E-state index contributed by atoms with van der Waals surface area (Å²) in [6, 6.07) is 0. The van der Waals surface area contributed by atoms with E-state index in [1.165, 1.54) is 0 Å². The number of rotatable bonds is 5. The molecule has 20 heavy (non-hydrogen) atoms. The Labute approximate surface area is 118 Å². The van der Waals surface area contributed by atoms with Crippen LogP contribution in [0, 0.1) is 17.3 Å². The fraction of sp³-hybridized carbons (Fsp3) is 0.533. The standard InChI is InChI=1S/C15H22O5/c1-5-15(4)6-10(17)11(9(3)14(19)20)13(18)12(15)8(2)7-16/h5,10-13,16-18H,1-3,6-7H2,4H3,(H,19,20)/t10-,11-,12+,13-,15-/m1/s1. The molecule has 5 heteroatoms. The van der Waals surface area contributed by atoms with Gasteiger partial charge < -0.3 is 20.4 Å². The molecule has 5 nitrogen and oxygen atoms in total. The van der Waals surface area contributed by atoms with E-state index in [0.717, 1.165) is 0 Å². The van der Waals surface area contributed by atoms with E-state index in [2.05, 4.69) is 19.7 Å². The van der Waals surface area contributed by atoms with Crippen LogP contribution < -0.4 is 0 Å². The molecule has 0 radical (unpaired) electrons. The molecule has 0 aromatic heterocycles. The Kier molecular flexibility index (Phi) is 4.91. The third kappa shape index (κ3) is 2.70. The van der Waals surface area contributed by atoms with Gasteiger partial charge in [-0.3, -0.25) is 0 Å². The van der Waals surface area contributed by atoms with Crippen LogP contribution in [0.5, 0.6) is 0 Å². The summed E-state index contributed by atoms with van der Waals surface area (Å²) < 4.78 is 0. The van der Waals surface area contributed by atoms with Gasteiger partial charge in [0.2, 0.25) is 0 Å². The molecule has 1 aliphatic carbocycles. The molecule has 0 aromatic carbocycles. The first-order chi connectivity index (χ1) is 9.19. The van der Waals surface area contributed by atoms with Crippen molar-refractivity contribution in [3.05, 3.63) is 37.0 Å². The van der Waals surface area contributed by atoms with Gasteiger partial charge in [0, 0.05) is 17.4 Å². The lowest BCUT2D eigenvalue weighted by atomic mass is 9.58. The Balaban J connectivity index is 3.24. The zero-order valence-electron chi connectivity index (χ0n) is 11.6. The number of allylic oxidation sites excluding steroid dienone is 1. The lowest BCUT2D eigenvalue weighted by Gasteiger charge is -2.49. The first kappa shape index (κ1) is 16.6. The van der Waals surface area contributed by atoms with Gasteiger partial charge >= 0.3 is 5.97 Å². The van der Waals surface area contributed by atoms with Crippen LogP contribution in [-0.2, 0) is 4.79 Å². The van der Waals surface area contributed by atoms with Crippen LogP contribution in [0.2, 0.25) is 0 Å². The number of carbonyl (C=O) groups is 1. The number of aliphatic carboxylic acids is 1. The van der Waals surface area contributed by atoms with E-state index < -0.39 is 35.4 Å². The SMILES string of the molecule is C=C[C@]1(C)C[C@@H](O)[C@@H](C(=C)C(=O)O)[C@@H](O)[C@@H]1C(=C)CO. The van der Waals surface area contributed by atoms with Crippen molar-refractivity contribution in [1.82, 2.24) is 0 Å². The number of hydrogen-bond donors (Lipinski definition) is 4. The molecule has 4 N–H and O–H groups in total. The molecule has 112 valence electrons. The van der Waals surface area contributed by atoms with Gasteiger partial charge in [-0.1, -0.05) is 26.2 Å². The minimum atomic E-state index is -1.26. The number of aliphatic hydroxyl groups is 3. The van der Waals surface area contributed by atoms with E-state index in [0.29, 0.717) is 5.57 Å². The van der Waals surface area contributed by atoms with Crippen molar-refractivity contribution >= 4 is 5.97 Å². The molecular formula is C15H22O5. The summed E-state index contributed by atoms with van der Waals surface area (Å²) in [6.07, 6.45) is -0.414. The highest BCUT2D eigenvalue weighted by molar-refractivity contribution is 5.86. The van der Waals surface area contributed by atoms with E-state index in [1.54, 1.807) is 13.0 Å². The monoisotopic (exact) mass is 282 g/mol. The van der Waals surface area contributed by atoms with Gasteiger partial charge in [0.15, 0.2) is 0 Å². The molecule has 0 aliphatic heterocycles. The summed E-state index contributed by atoms with van der Waals surface area (Å²) in [5.41, 5.74) is -0.532. The van der Waals surface area contributed by atoms with Gasteiger partial charge in [0.05, 0.1) is 18.8 Å². The van der Waals surface area contributed by atoms with Crippen LogP contribution >= 0.6 is 0 Å². The molecule has 1 rings (SSSR count). The Hall–Kier alpha value is -1.43. The molecule has 0 aromatic rings. The third-order valence-electron chi connectivity index (χ3n) is 4.27. The molecule has 0 spiro atoms. The van der Waals surface area contributed by atoms with E-state index >= 15 is 0 Å². The number of hydrogen-bond acceptors (Lipinski definition) is 4. The molecule has 0 bridgehead atoms. The Bertz CT molecular complexity index is 442. The molecule has 1 saturated carbocycles. The van der Waals surface area contributed by atoms with Gasteiger partial charge in [-0.2, -0.15) is 0 Å². The molecule has 0 amide bonds. The van der Waals surface area contributed by atoms with Gasteiger partial charge in [-0.25, -0.2) is 4.79 Å². The van der Waals surface area contributed by atoms with Crippen LogP contribution in [0.25, 0.3) is 0 Å². The third-order valence-corrected chi connectivity index (χ3v) is 4.27. The fourth-order valence-corrected chi connectivity index (χ4v) is 3.13. The Morgan fingerprint density at radius 2 is 1.95 bits per heavy atom. The molecule has 1 aliphatic rings. The van der Waals surface area contributed by atoms with Gasteiger partial charge in [0.25, 0.3) is 0 Å². The van der Waals surface area contributed by atoms with Gasteiger partial charge in [-0.15, -0.1) is 6.58 Å². The smallest absolute Gasteiger partial charge is 0.331 e. The highest BCUT2D eigenvalue weighted by atomic mass is 16.4. The predicted octanol–water partition coefficient (Wildman–Crippen LogP) is 0.726. The van der Waals surface area contributed by atoms with Crippen molar-refractivity contribution in [1.29, 1.82) is 0 Å². The van der Waals surface area contributed by atoms with E-state index in [1.807, 2.05) is 0 Å². The van der Waals surface area contributed by atoms with Crippen molar-refractivity contribution in [2.45, 2.75) is 25.6 Å². The minimum absolute atomic E-state index is 0.216. The molecule has 0 saturated heterocycles. The summed E-state index contributed by atoms with van der Waals surface area (Å²) in [4.78, 5) is 11.1. The van der Waals surface area contributed by atoms with Crippen LogP contribution in [0.1, 0.15) is 13.3 Å². The predicted molar refractivity (Wildman–Crippen MR) is 74.9 cm³/mol. The molecular weight excluding hydrogens is 260 g/mol. The highest BCUT2D eigenvalue weighted by Gasteiger charge is 2.51. The minimum Gasteiger partial charge on any atom is -0.478 e. The number of carboxylic acids is 1. The fourth-order valence-electron chi connectivity index (χ4n) is 3.13. The van der Waals surface area contributed by atoms with Gasteiger partial charge in [0.1, 0.15) is 0 Å². The Morgan fingerprint density at radius 3 is 2.35 bits per heavy atom. The quantitative estimate of drug-likeness (QED) is 0.440. The van der Waals surface area contributed by atoms with Crippen molar-refractivity contribution in [2.75, 3.05) is 6.61 Å². The summed E-state index contributed by atoms with van der Waals surface area (Å²) >= 11 is 0. The zero-order chi connectivity index (χ0) is 15.7. The van der Waals surface area contributed by atoms with Crippen LogP contribution in [0.3, 0.4) is 0 Å². The number of carboxylic acid groups (broad SMARTS) is 1. The maximum Gasteiger partial charge on any atom is 0.331 e. The normalized spacial score (nSPS) is 37.2. The summed E-state index contributed by atoms with van der Waals surface area (Å²) in [5, 5.41) is 39.0. The largest absolute Gasteiger partial charge is 0.478 e. The van der Waals surface area contributed by atoms with Gasteiger partial charge in [-0.05, 0) is 17.4 Å². The number of aliphatic hydroxyl groups excluding tert-OH is 3. The first-order valence-corrected chi connectivity index (χ1v) is 6.40. The molecule has 1 fully saturated rings. The van der Waals surface area contributed by atoms with E-state index in [9.17, 15) is 20.1 Å². The second-order valence-electron chi connectivity index (χ2n) is 5.62. The van der Waals surface area contributed by atoms with Crippen molar-refractivity contribution < 1.29 is 25.2 Å². The van der Waals surface area contributed by atoms with Crippen molar-refractivity contribution in [3.63, 3.8) is 0 Å². The van der Waals surface area contributed by atoms with Crippen molar-refractivity contribution in [2.24, 2.45) is 17.3 Å². The lowest BCUT2D eigenvalue weighted by molar-refractivity contribution is -0.137. The molecule has 0 heterocycles.